The molecule has 1 heterocycles. The van der Waals surface area contributed by atoms with E-state index in [9.17, 15) is 4.79 Å². The Morgan fingerprint density at radius 1 is 1.24 bits per heavy atom. The molecule has 0 atom stereocenters. The molecule has 0 unspecified atom stereocenters. The number of hydrogen-bond acceptors (Lipinski definition) is 6. The van der Waals surface area contributed by atoms with E-state index < -0.39 is 0 Å². The van der Waals surface area contributed by atoms with Crippen LogP contribution >= 0.6 is 0 Å². The number of hydrogen-bond donors (Lipinski definition) is 2. The summed E-state index contributed by atoms with van der Waals surface area (Å²) in [5.41, 5.74) is 4.42. The summed E-state index contributed by atoms with van der Waals surface area (Å²) >= 11 is 0. The number of likely N-dealkylation sites (N-methyl/N-ethyl adjacent to an activating group) is 1. The molecule has 29 heavy (non-hydrogen) atoms. The molecule has 0 aliphatic rings. The lowest BCUT2D eigenvalue weighted by Gasteiger charge is -2.14. The van der Waals surface area contributed by atoms with E-state index in [1.54, 1.807) is 11.2 Å². The van der Waals surface area contributed by atoms with Gasteiger partial charge in [0.05, 0.1) is 18.0 Å². The van der Waals surface area contributed by atoms with Crippen molar-refractivity contribution >= 4 is 17.2 Å². The van der Waals surface area contributed by atoms with Gasteiger partial charge in [-0.15, -0.1) is 0 Å². The lowest BCUT2D eigenvalue weighted by Crippen LogP contribution is -2.29. The zero-order chi connectivity index (χ0) is 21.2. The Labute approximate surface area is 172 Å². The lowest BCUT2D eigenvalue weighted by molar-refractivity contribution is -0.118. The van der Waals surface area contributed by atoms with Crippen molar-refractivity contribution in [1.29, 1.82) is 0 Å². The van der Waals surface area contributed by atoms with E-state index in [-0.39, 0.29) is 5.91 Å². The number of benzene rings is 1. The monoisotopic (exact) mass is 392 g/mol. The molecule has 2 N–H and O–H groups in total. The summed E-state index contributed by atoms with van der Waals surface area (Å²) in [5.74, 6) is 0.591. The maximum Gasteiger partial charge on any atom is 0.216 e. The highest BCUT2D eigenvalue weighted by Crippen LogP contribution is 2.20. The summed E-state index contributed by atoms with van der Waals surface area (Å²) in [6.45, 7) is 8.62. The first-order valence-corrected chi connectivity index (χ1v) is 9.38. The molecular formula is C22H28N6O. The van der Waals surface area contributed by atoms with Crippen LogP contribution in [0.1, 0.15) is 25.1 Å². The van der Waals surface area contributed by atoms with Gasteiger partial charge >= 0.3 is 0 Å². The highest BCUT2D eigenvalue weighted by molar-refractivity contribution is 5.97. The zero-order valence-corrected chi connectivity index (χ0v) is 17.4. The van der Waals surface area contributed by atoms with E-state index in [1.807, 2.05) is 63.6 Å². The topological polar surface area (TPSA) is 82.5 Å². The molecule has 152 valence electrons. The van der Waals surface area contributed by atoms with Crippen molar-refractivity contribution in [2.45, 2.75) is 13.8 Å². The van der Waals surface area contributed by atoms with Gasteiger partial charge in [0.1, 0.15) is 0 Å². The van der Waals surface area contributed by atoms with E-state index in [4.69, 9.17) is 0 Å². The third-order valence-electron chi connectivity index (χ3n) is 4.12. The second kappa shape index (κ2) is 10.8. The minimum absolute atomic E-state index is 0.0489. The van der Waals surface area contributed by atoms with E-state index in [0.29, 0.717) is 18.9 Å². The number of allylic oxidation sites excluding steroid dienone is 2. The third-order valence-corrected chi connectivity index (χ3v) is 4.12. The summed E-state index contributed by atoms with van der Waals surface area (Å²) in [6, 6.07) is 9.81. The fourth-order valence-corrected chi connectivity index (χ4v) is 2.56. The van der Waals surface area contributed by atoms with Gasteiger partial charge < -0.3 is 10.6 Å². The van der Waals surface area contributed by atoms with Crippen LogP contribution < -0.4 is 10.6 Å². The molecular weight excluding hydrogens is 364 g/mol. The van der Waals surface area contributed by atoms with Crippen molar-refractivity contribution in [2.24, 2.45) is 5.10 Å². The average molecular weight is 393 g/mol. The first-order chi connectivity index (χ1) is 13.9. The van der Waals surface area contributed by atoms with Gasteiger partial charge in [-0.05, 0) is 36.4 Å². The summed E-state index contributed by atoms with van der Waals surface area (Å²) in [5, 5.41) is 12.0. The molecule has 2 aromatic rings. The number of carbonyl (C=O) groups excluding carboxylic acids is 1. The van der Waals surface area contributed by atoms with E-state index >= 15 is 0 Å². The Morgan fingerprint density at radius 2 is 1.97 bits per heavy atom. The van der Waals surface area contributed by atoms with Crippen LogP contribution in [0.15, 0.2) is 60.5 Å². The maximum atomic E-state index is 11.0. The van der Waals surface area contributed by atoms with Gasteiger partial charge in [0.15, 0.2) is 5.82 Å². The molecule has 1 aromatic heterocycles. The standard InChI is InChI=1S/C22H28N6O/c1-16(10-12-23-4)19-6-8-20(9-7-19)22-25-13-11-21(26-22)17(2)27-28(5)15-14-24-18(3)29/h6-13,23H,1,14-15H2,2-5H3,(H,24,29)/b12-10-,27-17+. The molecule has 2 rings (SSSR count). The molecule has 7 nitrogen and oxygen atoms in total. The Balaban J connectivity index is 2.12. The van der Waals surface area contributed by atoms with Crippen molar-refractivity contribution in [3.8, 4) is 11.4 Å². The Hall–Kier alpha value is -3.48. The first-order valence-electron chi connectivity index (χ1n) is 9.38. The van der Waals surface area contributed by atoms with Crippen LogP contribution in [0.3, 0.4) is 0 Å². The van der Waals surface area contributed by atoms with Crippen molar-refractivity contribution in [1.82, 2.24) is 25.6 Å². The van der Waals surface area contributed by atoms with Crippen LogP contribution in [0.5, 0.6) is 0 Å². The number of aromatic nitrogens is 2. The minimum atomic E-state index is -0.0489. The number of nitrogens with one attached hydrogen (secondary N) is 2. The van der Waals surface area contributed by atoms with Gasteiger partial charge in [0.2, 0.25) is 5.91 Å². The molecule has 0 radical (unpaired) electrons. The fourth-order valence-electron chi connectivity index (χ4n) is 2.56. The van der Waals surface area contributed by atoms with Gasteiger partial charge in [-0.3, -0.25) is 9.80 Å². The van der Waals surface area contributed by atoms with Crippen LogP contribution in [-0.2, 0) is 4.79 Å². The normalized spacial score (nSPS) is 11.4. The van der Waals surface area contributed by atoms with Crippen molar-refractivity contribution in [3.63, 3.8) is 0 Å². The fraction of sp³-hybridized carbons (Fsp3) is 0.273. The van der Waals surface area contributed by atoms with Crippen molar-refractivity contribution < 1.29 is 4.79 Å². The summed E-state index contributed by atoms with van der Waals surface area (Å²) < 4.78 is 0. The Bertz CT molecular complexity index is 902. The smallest absolute Gasteiger partial charge is 0.216 e. The molecule has 0 saturated heterocycles. The number of rotatable bonds is 9. The second-order valence-electron chi connectivity index (χ2n) is 6.54. The quantitative estimate of drug-likeness (QED) is 0.389. The Morgan fingerprint density at radius 3 is 2.62 bits per heavy atom. The summed E-state index contributed by atoms with van der Waals surface area (Å²) in [4.78, 5) is 20.0. The molecule has 1 aromatic carbocycles. The highest BCUT2D eigenvalue weighted by atomic mass is 16.1. The van der Waals surface area contributed by atoms with Crippen molar-refractivity contribution in [2.75, 3.05) is 27.2 Å². The molecule has 0 bridgehead atoms. The molecule has 0 aliphatic carbocycles. The summed E-state index contributed by atoms with van der Waals surface area (Å²) in [6.07, 6.45) is 5.50. The van der Waals surface area contributed by atoms with Gasteiger partial charge in [0, 0.05) is 39.3 Å². The highest BCUT2D eigenvalue weighted by Gasteiger charge is 2.07. The van der Waals surface area contributed by atoms with Crippen molar-refractivity contribution in [3.05, 3.63) is 66.6 Å². The van der Waals surface area contributed by atoms with E-state index in [0.717, 1.165) is 28.1 Å². The predicted molar refractivity (Wildman–Crippen MR) is 118 cm³/mol. The minimum Gasteiger partial charge on any atom is -0.394 e. The number of amides is 1. The third kappa shape index (κ3) is 6.88. The Kier molecular flexibility index (Phi) is 8.09. The van der Waals surface area contributed by atoms with Crippen LogP contribution in [0.25, 0.3) is 17.0 Å². The van der Waals surface area contributed by atoms with E-state index in [2.05, 4.69) is 32.3 Å². The second-order valence-corrected chi connectivity index (χ2v) is 6.54. The largest absolute Gasteiger partial charge is 0.394 e. The van der Waals surface area contributed by atoms with Gasteiger partial charge in [-0.25, -0.2) is 9.97 Å². The molecule has 0 saturated carbocycles. The first kappa shape index (κ1) is 21.8. The molecule has 0 fully saturated rings. The molecule has 0 spiro atoms. The van der Waals surface area contributed by atoms with Crippen LogP contribution in [0.2, 0.25) is 0 Å². The van der Waals surface area contributed by atoms with Crippen LogP contribution in [0, 0.1) is 0 Å². The molecule has 0 aliphatic heterocycles. The zero-order valence-electron chi connectivity index (χ0n) is 17.4. The van der Waals surface area contributed by atoms with Crippen LogP contribution in [-0.4, -0.2) is 53.8 Å². The van der Waals surface area contributed by atoms with Gasteiger partial charge in [0.25, 0.3) is 0 Å². The maximum absolute atomic E-state index is 11.0. The lowest BCUT2D eigenvalue weighted by atomic mass is 10.0. The van der Waals surface area contributed by atoms with Crippen LogP contribution in [0.4, 0.5) is 0 Å². The predicted octanol–water partition coefficient (Wildman–Crippen LogP) is 2.68. The summed E-state index contributed by atoms with van der Waals surface area (Å²) in [7, 11) is 3.71. The molecule has 1 amide bonds. The molecule has 7 heteroatoms. The van der Waals surface area contributed by atoms with Gasteiger partial charge in [-0.2, -0.15) is 5.10 Å². The average Bonchev–Trinajstić information content (AvgIpc) is 2.72. The van der Waals surface area contributed by atoms with E-state index in [1.165, 1.54) is 6.92 Å². The number of hydrazone groups is 1. The number of carbonyl (C=O) groups is 1. The number of nitrogens with zero attached hydrogens (tertiary/aromatic N) is 4. The SMILES string of the molecule is C=C(/C=C\NC)c1ccc(-c2nccc(/C(C)=N/N(C)CCNC(C)=O)n2)cc1. The van der Waals surface area contributed by atoms with Gasteiger partial charge in [-0.1, -0.05) is 30.8 Å².